The molecule has 1 rings (SSSR count). The number of nitrogens with zero attached hydrogens (tertiary/aromatic N) is 2. The van der Waals surface area contributed by atoms with Crippen LogP contribution in [0.1, 0.15) is 13.8 Å². The van der Waals surface area contributed by atoms with E-state index in [9.17, 15) is 5.11 Å². The third-order valence-corrected chi connectivity index (χ3v) is 2.24. The van der Waals surface area contributed by atoms with Crippen molar-refractivity contribution in [3.63, 3.8) is 0 Å². The lowest BCUT2D eigenvalue weighted by molar-refractivity contribution is -0.00755. The zero-order valence-corrected chi connectivity index (χ0v) is 7.32. The zero-order chi connectivity index (χ0) is 8.27. The van der Waals surface area contributed by atoms with Crippen molar-refractivity contribution in [3.8, 4) is 0 Å². The molecule has 0 saturated carbocycles. The summed E-state index contributed by atoms with van der Waals surface area (Å²) < 4.78 is 0. The number of piperazine rings is 1. The largest absolute Gasteiger partial charge is 0.379 e. The van der Waals surface area contributed by atoms with Crippen LogP contribution in [0, 0.1) is 6.54 Å². The molecule has 1 N–H and O–H groups in total. The second kappa shape index (κ2) is 4.04. The van der Waals surface area contributed by atoms with Gasteiger partial charge in [-0.1, -0.05) is 0 Å². The Morgan fingerprint density at radius 2 is 1.82 bits per heavy atom. The Morgan fingerprint density at radius 1 is 1.27 bits per heavy atom. The van der Waals surface area contributed by atoms with Crippen LogP contribution in [0.2, 0.25) is 0 Å². The lowest BCUT2D eigenvalue weighted by atomic mass is 10.3. The van der Waals surface area contributed by atoms with Crippen LogP contribution in [0.5, 0.6) is 0 Å². The van der Waals surface area contributed by atoms with E-state index in [2.05, 4.69) is 23.3 Å². The molecule has 1 unspecified atom stereocenters. The van der Waals surface area contributed by atoms with Gasteiger partial charge in [0.25, 0.3) is 0 Å². The van der Waals surface area contributed by atoms with Crippen molar-refractivity contribution in [2.45, 2.75) is 20.1 Å². The highest BCUT2D eigenvalue weighted by molar-refractivity contribution is 4.74. The SMILES string of the molecule is C[CH]N1CCN(C(C)O)CC1. The summed E-state index contributed by atoms with van der Waals surface area (Å²) in [6.45, 7) is 10.0. The zero-order valence-electron chi connectivity index (χ0n) is 7.32. The maximum atomic E-state index is 9.23. The summed E-state index contributed by atoms with van der Waals surface area (Å²) in [7, 11) is 0. The first-order valence-electron chi connectivity index (χ1n) is 4.19. The molecule has 1 heterocycles. The van der Waals surface area contributed by atoms with Crippen LogP contribution in [-0.4, -0.2) is 47.3 Å². The maximum Gasteiger partial charge on any atom is 0.104 e. The molecule has 1 fully saturated rings. The maximum absolute atomic E-state index is 9.23. The summed E-state index contributed by atoms with van der Waals surface area (Å²) in [5.41, 5.74) is 0. The lowest BCUT2D eigenvalue weighted by Crippen LogP contribution is -2.48. The highest BCUT2D eigenvalue weighted by atomic mass is 16.3. The van der Waals surface area contributed by atoms with Crippen LogP contribution in [0.3, 0.4) is 0 Å². The third-order valence-electron chi connectivity index (χ3n) is 2.24. The normalized spacial score (nSPS) is 25.4. The van der Waals surface area contributed by atoms with Crippen LogP contribution in [0.4, 0.5) is 0 Å². The van der Waals surface area contributed by atoms with Gasteiger partial charge in [-0.05, 0) is 13.8 Å². The van der Waals surface area contributed by atoms with Gasteiger partial charge in [-0.2, -0.15) is 0 Å². The van der Waals surface area contributed by atoms with E-state index in [-0.39, 0.29) is 6.23 Å². The predicted molar refractivity (Wildman–Crippen MR) is 44.8 cm³/mol. The van der Waals surface area contributed by atoms with E-state index >= 15 is 0 Å². The number of aliphatic hydroxyl groups excluding tert-OH is 1. The van der Waals surface area contributed by atoms with Gasteiger partial charge in [0.15, 0.2) is 0 Å². The van der Waals surface area contributed by atoms with Crippen molar-refractivity contribution < 1.29 is 5.11 Å². The van der Waals surface area contributed by atoms with Gasteiger partial charge in [-0.25, -0.2) is 0 Å². The minimum atomic E-state index is -0.283. The molecule has 0 aromatic carbocycles. The Morgan fingerprint density at radius 3 is 2.18 bits per heavy atom. The summed E-state index contributed by atoms with van der Waals surface area (Å²) in [6, 6.07) is 0. The molecule has 1 atom stereocenters. The Kier molecular flexibility index (Phi) is 3.30. The van der Waals surface area contributed by atoms with Gasteiger partial charge in [-0.15, -0.1) is 0 Å². The summed E-state index contributed by atoms with van der Waals surface area (Å²) >= 11 is 0. The van der Waals surface area contributed by atoms with Crippen molar-refractivity contribution in [1.29, 1.82) is 0 Å². The van der Waals surface area contributed by atoms with Gasteiger partial charge >= 0.3 is 0 Å². The van der Waals surface area contributed by atoms with Gasteiger partial charge in [-0.3, -0.25) is 9.80 Å². The van der Waals surface area contributed by atoms with Crippen LogP contribution in [-0.2, 0) is 0 Å². The summed E-state index contributed by atoms with van der Waals surface area (Å²) in [5, 5.41) is 9.23. The predicted octanol–water partition coefficient (Wildman–Crippen LogP) is 0.124. The average molecular weight is 157 g/mol. The van der Waals surface area contributed by atoms with Gasteiger partial charge < -0.3 is 5.11 Å². The fourth-order valence-electron chi connectivity index (χ4n) is 1.37. The third kappa shape index (κ3) is 2.43. The topological polar surface area (TPSA) is 26.7 Å². The van der Waals surface area contributed by atoms with Crippen LogP contribution in [0.15, 0.2) is 0 Å². The van der Waals surface area contributed by atoms with Crippen LogP contribution < -0.4 is 0 Å². The molecule has 65 valence electrons. The minimum Gasteiger partial charge on any atom is -0.379 e. The number of hydrogen-bond acceptors (Lipinski definition) is 3. The second-order valence-corrected chi connectivity index (χ2v) is 2.96. The lowest BCUT2D eigenvalue weighted by Gasteiger charge is -2.35. The van der Waals surface area contributed by atoms with Gasteiger partial charge in [0, 0.05) is 32.7 Å². The average Bonchev–Trinajstić information content (AvgIpc) is 2.05. The van der Waals surface area contributed by atoms with Gasteiger partial charge in [0.1, 0.15) is 6.23 Å². The van der Waals surface area contributed by atoms with Crippen LogP contribution in [0.25, 0.3) is 0 Å². The molecule has 0 aromatic rings. The molecule has 3 nitrogen and oxygen atoms in total. The van der Waals surface area contributed by atoms with E-state index < -0.39 is 0 Å². The molecule has 0 bridgehead atoms. The minimum absolute atomic E-state index is 0.283. The fourth-order valence-corrected chi connectivity index (χ4v) is 1.37. The highest BCUT2D eigenvalue weighted by Crippen LogP contribution is 2.04. The molecule has 0 aliphatic carbocycles. The molecular formula is C8H17N2O. The van der Waals surface area contributed by atoms with Crippen molar-refractivity contribution >= 4 is 0 Å². The monoisotopic (exact) mass is 157 g/mol. The van der Waals surface area contributed by atoms with Crippen molar-refractivity contribution in [2.24, 2.45) is 0 Å². The Labute approximate surface area is 68.6 Å². The Bertz CT molecular complexity index is 109. The molecule has 1 saturated heterocycles. The molecule has 0 aromatic heterocycles. The first kappa shape index (κ1) is 8.97. The Balaban J connectivity index is 2.24. The van der Waals surface area contributed by atoms with Gasteiger partial charge in [0.2, 0.25) is 0 Å². The number of rotatable bonds is 2. The molecule has 3 heteroatoms. The Hall–Kier alpha value is -0.120. The molecule has 0 amide bonds. The standard InChI is InChI=1S/C8H17N2O/c1-3-9-4-6-10(7-5-9)8(2)11/h3,8,11H,4-7H2,1-2H3. The first-order chi connectivity index (χ1) is 5.24. The summed E-state index contributed by atoms with van der Waals surface area (Å²) in [5.74, 6) is 0. The van der Waals surface area contributed by atoms with Crippen molar-refractivity contribution in [3.05, 3.63) is 6.54 Å². The second-order valence-electron chi connectivity index (χ2n) is 2.96. The molecular weight excluding hydrogens is 140 g/mol. The number of hydrogen-bond donors (Lipinski definition) is 1. The summed E-state index contributed by atoms with van der Waals surface area (Å²) in [6.07, 6.45) is -0.283. The fraction of sp³-hybridized carbons (Fsp3) is 0.875. The first-order valence-corrected chi connectivity index (χ1v) is 4.19. The molecule has 1 aliphatic heterocycles. The van der Waals surface area contributed by atoms with E-state index in [0.29, 0.717) is 0 Å². The quantitative estimate of drug-likeness (QED) is 0.617. The van der Waals surface area contributed by atoms with E-state index in [4.69, 9.17) is 0 Å². The molecule has 0 spiro atoms. The molecule has 1 radical (unpaired) electrons. The van der Waals surface area contributed by atoms with E-state index in [1.54, 1.807) is 0 Å². The van der Waals surface area contributed by atoms with E-state index in [1.165, 1.54) is 0 Å². The van der Waals surface area contributed by atoms with E-state index in [0.717, 1.165) is 26.2 Å². The van der Waals surface area contributed by atoms with Crippen molar-refractivity contribution in [2.75, 3.05) is 26.2 Å². The van der Waals surface area contributed by atoms with Crippen molar-refractivity contribution in [1.82, 2.24) is 9.80 Å². The molecule has 1 aliphatic rings. The smallest absolute Gasteiger partial charge is 0.104 e. The van der Waals surface area contributed by atoms with E-state index in [1.807, 2.05) is 6.92 Å². The van der Waals surface area contributed by atoms with Gasteiger partial charge in [0.05, 0.1) is 0 Å². The van der Waals surface area contributed by atoms with Crippen LogP contribution >= 0.6 is 0 Å². The number of aliphatic hydroxyl groups is 1. The summed E-state index contributed by atoms with van der Waals surface area (Å²) in [4.78, 5) is 4.36. The highest BCUT2D eigenvalue weighted by Gasteiger charge is 2.17. The molecule has 11 heavy (non-hydrogen) atoms.